The first-order valence-corrected chi connectivity index (χ1v) is 12.2. The molecule has 3 N–H and O–H groups in total. The van der Waals surface area contributed by atoms with Crippen LogP contribution in [0.3, 0.4) is 0 Å². The summed E-state index contributed by atoms with van der Waals surface area (Å²) in [5.74, 6) is -1.63. The zero-order chi connectivity index (χ0) is 24.4. The van der Waals surface area contributed by atoms with Crippen LogP contribution in [-0.2, 0) is 19.1 Å². The zero-order valence-electron chi connectivity index (χ0n) is 19.4. The van der Waals surface area contributed by atoms with Crippen LogP contribution in [0.1, 0.15) is 42.7 Å². The van der Waals surface area contributed by atoms with Gasteiger partial charge in [0.25, 0.3) is 0 Å². The predicted molar refractivity (Wildman–Crippen MR) is 128 cm³/mol. The number of ether oxygens (including phenoxy) is 2. The number of amides is 2. The summed E-state index contributed by atoms with van der Waals surface area (Å²) in [5.41, 5.74) is 4.70. The van der Waals surface area contributed by atoms with Crippen LogP contribution in [0.2, 0.25) is 0 Å². The van der Waals surface area contributed by atoms with Gasteiger partial charge in [0.15, 0.2) is 0 Å². The maximum atomic E-state index is 12.6. The summed E-state index contributed by atoms with van der Waals surface area (Å²) in [6.45, 7) is 0.754. The Bertz CT molecular complexity index is 1070. The van der Waals surface area contributed by atoms with Crippen molar-refractivity contribution < 1.29 is 29.0 Å². The van der Waals surface area contributed by atoms with Crippen molar-refractivity contribution in [2.45, 2.75) is 43.7 Å². The van der Waals surface area contributed by atoms with E-state index in [0.29, 0.717) is 32.2 Å². The number of carboxylic acid groups (broad SMARTS) is 1. The normalized spacial score (nSPS) is 25.0. The molecule has 2 aliphatic carbocycles. The molecule has 35 heavy (non-hydrogen) atoms. The molecule has 184 valence electrons. The largest absolute Gasteiger partial charge is 0.481 e. The Hall–Kier alpha value is -3.39. The highest BCUT2D eigenvalue weighted by Crippen LogP contribution is 2.44. The molecule has 3 aliphatic rings. The zero-order valence-corrected chi connectivity index (χ0v) is 19.4. The van der Waals surface area contributed by atoms with Gasteiger partial charge in [-0.1, -0.05) is 48.5 Å². The number of carbonyl (C=O) groups excluding carboxylic acids is 2. The molecular formula is C27H30N2O6. The van der Waals surface area contributed by atoms with Gasteiger partial charge in [-0.2, -0.15) is 0 Å². The lowest BCUT2D eigenvalue weighted by molar-refractivity contribution is -0.141. The Kier molecular flexibility index (Phi) is 6.72. The number of benzene rings is 2. The van der Waals surface area contributed by atoms with Gasteiger partial charge in [-0.05, 0) is 47.9 Å². The van der Waals surface area contributed by atoms with E-state index < -0.39 is 18.0 Å². The molecule has 2 fully saturated rings. The van der Waals surface area contributed by atoms with Gasteiger partial charge in [0.2, 0.25) is 5.91 Å². The summed E-state index contributed by atoms with van der Waals surface area (Å²) >= 11 is 0. The molecular weight excluding hydrogens is 448 g/mol. The number of carbonyl (C=O) groups is 3. The third-order valence-electron chi connectivity index (χ3n) is 7.40. The van der Waals surface area contributed by atoms with Crippen LogP contribution in [0.5, 0.6) is 0 Å². The monoisotopic (exact) mass is 478 g/mol. The number of hydrogen-bond acceptors (Lipinski definition) is 5. The first-order valence-electron chi connectivity index (χ1n) is 12.2. The summed E-state index contributed by atoms with van der Waals surface area (Å²) in [5, 5.41) is 14.9. The standard InChI is InChI=1S/C27H30N2O6/c30-25(28-13-19-12-17(14-34-19)26(31)32)16-9-10-18(11-16)29-27(33)35-15-24-22-7-3-1-5-20(22)21-6-2-4-8-23(21)24/h1-8,16-19,24H,9-15H2,(H,28,30)(H,29,33)(H,31,32)/t16?,17-,18?,19-/m0/s1. The summed E-state index contributed by atoms with van der Waals surface area (Å²) in [6.07, 6.45) is 1.63. The van der Waals surface area contributed by atoms with Crippen LogP contribution >= 0.6 is 0 Å². The van der Waals surface area contributed by atoms with Gasteiger partial charge in [-0.15, -0.1) is 0 Å². The minimum Gasteiger partial charge on any atom is -0.481 e. The molecule has 0 spiro atoms. The molecule has 1 heterocycles. The van der Waals surface area contributed by atoms with Crippen molar-refractivity contribution >= 4 is 18.0 Å². The fraction of sp³-hybridized carbons (Fsp3) is 0.444. The van der Waals surface area contributed by atoms with E-state index >= 15 is 0 Å². The molecule has 8 heteroatoms. The number of hydrogen-bond donors (Lipinski definition) is 3. The summed E-state index contributed by atoms with van der Waals surface area (Å²) in [7, 11) is 0. The third-order valence-corrected chi connectivity index (χ3v) is 7.40. The summed E-state index contributed by atoms with van der Waals surface area (Å²) in [4.78, 5) is 36.1. The van der Waals surface area contributed by atoms with Gasteiger partial charge in [-0.25, -0.2) is 4.79 Å². The van der Waals surface area contributed by atoms with E-state index in [2.05, 4.69) is 34.9 Å². The minimum absolute atomic E-state index is 0.00813. The molecule has 1 saturated heterocycles. The van der Waals surface area contributed by atoms with Gasteiger partial charge < -0.3 is 25.2 Å². The second-order valence-electron chi connectivity index (χ2n) is 9.65. The second kappa shape index (κ2) is 10.1. The lowest BCUT2D eigenvalue weighted by Crippen LogP contribution is -2.37. The number of carboxylic acids is 1. The first-order chi connectivity index (χ1) is 17.0. The Labute approximate surface area is 204 Å². The van der Waals surface area contributed by atoms with E-state index in [1.807, 2.05) is 24.3 Å². The lowest BCUT2D eigenvalue weighted by atomic mass is 9.98. The molecule has 5 rings (SSSR count). The smallest absolute Gasteiger partial charge is 0.407 e. The average molecular weight is 479 g/mol. The fourth-order valence-electron chi connectivity index (χ4n) is 5.54. The molecule has 2 amide bonds. The number of fused-ring (bicyclic) bond motifs is 3. The van der Waals surface area contributed by atoms with Gasteiger partial charge in [0, 0.05) is 24.4 Å². The summed E-state index contributed by atoms with van der Waals surface area (Å²) < 4.78 is 11.1. The van der Waals surface area contributed by atoms with E-state index in [9.17, 15) is 14.4 Å². The molecule has 0 bridgehead atoms. The SMILES string of the molecule is O=C(NC1CCC(C(=O)NC[C@@H]2C[C@H](C(=O)O)CO2)C1)OCC1c2ccccc2-c2ccccc21. The second-order valence-corrected chi connectivity index (χ2v) is 9.65. The van der Waals surface area contributed by atoms with Crippen molar-refractivity contribution in [3.8, 4) is 11.1 Å². The molecule has 4 atom stereocenters. The maximum Gasteiger partial charge on any atom is 0.407 e. The summed E-state index contributed by atoms with van der Waals surface area (Å²) in [6, 6.07) is 16.3. The third kappa shape index (κ3) is 5.03. The van der Waals surface area contributed by atoms with Crippen LogP contribution in [0.25, 0.3) is 11.1 Å². The van der Waals surface area contributed by atoms with Gasteiger partial charge in [0.1, 0.15) is 6.61 Å². The van der Waals surface area contributed by atoms with E-state index in [0.717, 1.165) is 0 Å². The van der Waals surface area contributed by atoms with Crippen molar-refractivity contribution in [1.82, 2.24) is 10.6 Å². The topological polar surface area (TPSA) is 114 Å². The number of aliphatic carboxylic acids is 1. The average Bonchev–Trinajstić information content (AvgIpc) is 3.59. The molecule has 0 aromatic heterocycles. The molecule has 8 nitrogen and oxygen atoms in total. The van der Waals surface area contributed by atoms with Crippen molar-refractivity contribution in [1.29, 1.82) is 0 Å². The minimum atomic E-state index is -0.864. The van der Waals surface area contributed by atoms with Crippen molar-refractivity contribution in [3.05, 3.63) is 59.7 Å². The van der Waals surface area contributed by atoms with Gasteiger partial charge in [0.05, 0.1) is 18.6 Å². The predicted octanol–water partition coefficient (Wildman–Crippen LogP) is 3.30. The van der Waals surface area contributed by atoms with Crippen LogP contribution in [-0.4, -0.2) is 55.0 Å². The van der Waals surface area contributed by atoms with Crippen LogP contribution in [0.15, 0.2) is 48.5 Å². The van der Waals surface area contributed by atoms with E-state index in [1.54, 1.807) is 0 Å². The van der Waals surface area contributed by atoms with Crippen LogP contribution in [0.4, 0.5) is 4.79 Å². The molecule has 2 aromatic carbocycles. The number of nitrogens with one attached hydrogen (secondary N) is 2. The first kappa shape index (κ1) is 23.4. The highest BCUT2D eigenvalue weighted by Gasteiger charge is 2.34. The van der Waals surface area contributed by atoms with Crippen molar-refractivity contribution in [3.63, 3.8) is 0 Å². The Morgan fingerprint density at radius 1 is 0.943 bits per heavy atom. The van der Waals surface area contributed by atoms with Crippen LogP contribution < -0.4 is 10.6 Å². The fourth-order valence-corrected chi connectivity index (χ4v) is 5.54. The highest BCUT2D eigenvalue weighted by atomic mass is 16.5. The number of rotatable bonds is 7. The van der Waals surface area contributed by atoms with Crippen molar-refractivity contribution in [2.24, 2.45) is 11.8 Å². The van der Waals surface area contributed by atoms with Crippen LogP contribution in [0, 0.1) is 11.8 Å². The van der Waals surface area contributed by atoms with E-state index in [4.69, 9.17) is 14.6 Å². The maximum absolute atomic E-state index is 12.6. The lowest BCUT2D eigenvalue weighted by Gasteiger charge is -2.17. The molecule has 1 aliphatic heterocycles. The van der Waals surface area contributed by atoms with E-state index in [-0.39, 0.29) is 43.1 Å². The molecule has 2 unspecified atom stereocenters. The Morgan fingerprint density at radius 3 is 2.29 bits per heavy atom. The van der Waals surface area contributed by atoms with Gasteiger partial charge >= 0.3 is 12.1 Å². The molecule has 1 saturated carbocycles. The van der Waals surface area contributed by atoms with Gasteiger partial charge in [-0.3, -0.25) is 9.59 Å². The highest BCUT2D eigenvalue weighted by molar-refractivity contribution is 5.80. The van der Waals surface area contributed by atoms with E-state index in [1.165, 1.54) is 22.3 Å². The Morgan fingerprint density at radius 2 is 1.63 bits per heavy atom. The Balaban J connectivity index is 1.07. The number of alkyl carbamates (subject to hydrolysis) is 1. The quantitative estimate of drug-likeness (QED) is 0.563. The van der Waals surface area contributed by atoms with Crippen molar-refractivity contribution in [2.75, 3.05) is 19.8 Å². The molecule has 2 aromatic rings. The molecule has 0 radical (unpaired) electrons.